The molecule has 0 aromatic heterocycles. The molecule has 3 N–H and O–H groups in total. The van der Waals surface area contributed by atoms with Crippen LogP contribution in [-0.4, -0.2) is 5.71 Å². The van der Waals surface area contributed by atoms with Crippen molar-refractivity contribution in [3.63, 3.8) is 0 Å². The molecule has 1 aromatic rings. The molecule has 1 aliphatic carbocycles. The van der Waals surface area contributed by atoms with Crippen molar-refractivity contribution in [3.05, 3.63) is 29.8 Å². The minimum Gasteiger partial charge on any atom is -0.326 e. The lowest BCUT2D eigenvalue weighted by molar-refractivity contribution is 0.886. The number of nitrogens with zero attached hydrogens (tertiary/aromatic N) is 1. The molecule has 0 bridgehead atoms. The van der Waals surface area contributed by atoms with E-state index in [0.29, 0.717) is 6.54 Å². The normalized spacial score (nSPS) is 15.4. The molecular weight excluding hydrogens is 186 g/mol. The van der Waals surface area contributed by atoms with E-state index < -0.39 is 0 Å². The van der Waals surface area contributed by atoms with Crippen molar-refractivity contribution in [2.45, 2.75) is 32.2 Å². The van der Waals surface area contributed by atoms with E-state index in [1.54, 1.807) is 0 Å². The molecule has 0 heterocycles. The molecule has 3 nitrogen and oxygen atoms in total. The Balaban J connectivity index is 1.95. The summed E-state index contributed by atoms with van der Waals surface area (Å²) in [6, 6.07) is 8.08. The lowest BCUT2D eigenvalue weighted by Gasteiger charge is -2.02. The SMILES string of the molecule is NCc1ccc(NN=C2CCCC2)cc1. The average Bonchev–Trinajstić information content (AvgIpc) is 2.80. The smallest absolute Gasteiger partial charge is 0.0561 e. The van der Waals surface area contributed by atoms with Crippen molar-refractivity contribution < 1.29 is 0 Å². The summed E-state index contributed by atoms with van der Waals surface area (Å²) in [5.74, 6) is 0. The van der Waals surface area contributed by atoms with Crippen LogP contribution in [0.5, 0.6) is 0 Å². The fourth-order valence-corrected chi connectivity index (χ4v) is 1.75. The maximum absolute atomic E-state index is 5.53. The first kappa shape index (κ1) is 10.2. The van der Waals surface area contributed by atoms with Crippen molar-refractivity contribution in [1.29, 1.82) is 0 Å². The minimum absolute atomic E-state index is 0.592. The van der Waals surface area contributed by atoms with Gasteiger partial charge in [0.25, 0.3) is 0 Å². The van der Waals surface area contributed by atoms with Gasteiger partial charge in [0.05, 0.1) is 5.69 Å². The van der Waals surface area contributed by atoms with E-state index in [1.807, 2.05) is 24.3 Å². The van der Waals surface area contributed by atoms with E-state index in [-0.39, 0.29) is 0 Å². The maximum atomic E-state index is 5.53. The first-order valence-corrected chi connectivity index (χ1v) is 5.49. The zero-order valence-electron chi connectivity index (χ0n) is 8.87. The predicted molar refractivity (Wildman–Crippen MR) is 63.9 cm³/mol. The summed E-state index contributed by atoms with van der Waals surface area (Å²) in [7, 11) is 0. The Labute approximate surface area is 90.4 Å². The summed E-state index contributed by atoms with van der Waals surface area (Å²) in [6.07, 6.45) is 4.86. The van der Waals surface area contributed by atoms with Crippen LogP contribution in [0.1, 0.15) is 31.2 Å². The molecule has 1 aliphatic rings. The number of hydrazone groups is 1. The van der Waals surface area contributed by atoms with E-state index in [4.69, 9.17) is 5.73 Å². The Morgan fingerprint density at radius 1 is 1.13 bits per heavy atom. The van der Waals surface area contributed by atoms with E-state index in [9.17, 15) is 0 Å². The lowest BCUT2D eigenvalue weighted by atomic mass is 10.2. The summed E-state index contributed by atoms with van der Waals surface area (Å²) in [5, 5.41) is 4.38. The van der Waals surface area contributed by atoms with Crippen LogP contribution in [-0.2, 0) is 6.54 Å². The first-order valence-electron chi connectivity index (χ1n) is 5.49. The molecule has 80 valence electrons. The van der Waals surface area contributed by atoms with Gasteiger partial charge >= 0.3 is 0 Å². The molecule has 0 radical (unpaired) electrons. The van der Waals surface area contributed by atoms with Crippen LogP contribution < -0.4 is 11.2 Å². The van der Waals surface area contributed by atoms with Crippen molar-refractivity contribution in [2.75, 3.05) is 5.43 Å². The maximum Gasteiger partial charge on any atom is 0.0561 e. The molecule has 0 aliphatic heterocycles. The van der Waals surface area contributed by atoms with Gasteiger partial charge in [-0.3, -0.25) is 5.43 Å². The van der Waals surface area contributed by atoms with Gasteiger partial charge in [-0.15, -0.1) is 0 Å². The van der Waals surface area contributed by atoms with E-state index in [0.717, 1.165) is 24.1 Å². The van der Waals surface area contributed by atoms with Crippen molar-refractivity contribution >= 4 is 11.4 Å². The van der Waals surface area contributed by atoms with Crippen molar-refractivity contribution in [1.82, 2.24) is 0 Å². The van der Waals surface area contributed by atoms with Gasteiger partial charge in [-0.25, -0.2) is 0 Å². The van der Waals surface area contributed by atoms with Crippen LogP contribution in [0.4, 0.5) is 5.69 Å². The van der Waals surface area contributed by atoms with Gasteiger partial charge in [0, 0.05) is 12.3 Å². The Morgan fingerprint density at radius 3 is 2.40 bits per heavy atom. The summed E-state index contributed by atoms with van der Waals surface area (Å²) in [6.45, 7) is 0.592. The van der Waals surface area contributed by atoms with E-state index in [1.165, 1.54) is 18.6 Å². The van der Waals surface area contributed by atoms with Crippen molar-refractivity contribution in [2.24, 2.45) is 10.8 Å². The van der Waals surface area contributed by atoms with Gasteiger partial charge in [-0.2, -0.15) is 5.10 Å². The van der Waals surface area contributed by atoms with Gasteiger partial charge in [-0.1, -0.05) is 12.1 Å². The Kier molecular flexibility index (Phi) is 3.35. The van der Waals surface area contributed by atoms with Crippen LogP contribution in [0.25, 0.3) is 0 Å². The third-order valence-electron chi connectivity index (χ3n) is 2.71. The Morgan fingerprint density at radius 2 is 1.80 bits per heavy atom. The molecule has 0 saturated heterocycles. The first-order chi connectivity index (χ1) is 7.38. The van der Waals surface area contributed by atoms with Crippen LogP contribution >= 0.6 is 0 Å². The van der Waals surface area contributed by atoms with Crippen LogP contribution in [0.2, 0.25) is 0 Å². The molecule has 0 atom stereocenters. The monoisotopic (exact) mass is 203 g/mol. The second kappa shape index (κ2) is 4.94. The molecule has 3 heteroatoms. The minimum atomic E-state index is 0.592. The van der Waals surface area contributed by atoms with Gasteiger partial charge in [-0.05, 0) is 43.4 Å². The zero-order chi connectivity index (χ0) is 10.5. The Hall–Kier alpha value is -1.35. The Bertz CT molecular complexity index is 332. The number of rotatable bonds is 3. The number of hydrogen-bond acceptors (Lipinski definition) is 3. The average molecular weight is 203 g/mol. The summed E-state index contributed by atoms with van der Waals surface area (Å²) >= 11 is 0. The standard InChI is InChI=1S/C12H17N3/c13-9-10-5-7-12(8-6-10)15-14-11-3-1-2-4-11/h5-8,15H,1-4,9,13H2. The molecule has 1 fully saturated rings. The number of hydrogen-bond donors (Lipinski definition) is 2. The number of nitrogens with two attached hydrogens (primary N) is 1. The van der Waals surface area contributed by atoms with Gasteiger partial charge in [0.1, 0.15) is 0 Å². The number of nitrogens with one attached hydrogen (secondary N) is 1. The lowest BCUT2D eigenvalue weighted by Crippen LogP contribution is -1.98. The molecular formula is C12H17N3. The topological polar surface area (TPSA) is 50.4 Å². The second-order valence-electron chi connectivity index (χ2n) is 3.90. The predicted octanol–water partition coefficient (Wildman–Crippen LogP) is 2.49. The highest BCUT2D eigenvalue weighted by molar-refractivity contribution is 5.86. The van der Waals surface area contributed by atoms with Gasteiger partial charge in [0.2, 0.25) is 0 Å². The van der Waals surface area contributed by atoms with Crippen LogP contribution in [0, 0.1) is 0 Å². The quantitative estimate of drug-likeness (QED) is 0.741. The molecule has 1 saturated carbocycles. The van der Waals surface area contributed by atoms with Crippen molar-refractivity contribution in [3.8, 4) is 0 Å². The number of benzene rings is 1. The summed E-state index contributed by atoms with van der Waals surface area (Å²) < 4.78 is 0. The molecule has 15 heavy (non-hydrogen) atoms. The van der Waals surface area contributed by atoms with E-state index >= 15 is 0 Å². The molecule has 0 spiro atoms. The fraction of sp³-hybridized carbons (Fsp3) is 0.417. The summed E-state index contributed by atoms with van der Waals surface area (Å²) in [4.78, 5) is 0. The van der Waals surface area contributed by atoms with Gasteiger partial charge < -0.3 is 5.73 Å². The van der Waals surface area contributed by atoms with Crippen LogP contribution in [0.15, 0.2) is 29.4 Å². The molecule has 2 rings (SSSR count). The van der Waals surface area contributed by atoms with Crippen LogP contribution in [0.3, 0.4) is 0 Å². The molecule has 1 aromatic carbocycles. The molecule has 0 amide bonds. The highest BCUT2D eigenvalue weighted by Gasteiger charge is 2.07. The zero-order valence-corrected chi connectivity index (χ0v) is 8.87. The highest BCUT2D eigenvalue weighted by Crippen LogP contribution is 2.15. The summed E-state index contributed by atoms with van der Waals surface area (Å²) in [5.41, 5.74) is 12.1. The third kappa shape index (κ3) is 2.80. The fourth-order valence-electron chi connectivity index (χ4n) is 1.75. The van der Waals surface area contributed by atoms with Gasteiger partial charge in [0.15, 0.2) is 0 Å². The largest absolute Gasteiger partial charge is 0.326 e. The van der Waals surface area contributed by atoms with E-state index in [2.05, 4.69) is 10.5 Å². The number of anilines is 1. The second-order valence-corrected chi connectivity index (χ2v) is 3.90. The molecule has 0 unspecified atom stereocenters. The third-order valence-corrected chi connectivity index (χ3v) is 2.71. The highest BCUT2D eigenvalue weighted by atomic mass is 15.3.